The maximum absolute atomic E-state index is 5.97. The topological polar surface area (TPSA) is 35.7 Å². The van der Waals surface area contributed by atoms with Crippen molar-refractivity contribution < 1.29 is 0 Å². The van der Waals surface area contributed by atoms with E-state index in [1.165, 1.54) is 71.4 Å². The molecule has 4 nitrogen and oxygen atoms in total. The van der Waals surface area contributed by atoms with E-state index in [2.05, 4.69) is 21.7 Å². The van der Waals surface area contributed by atoms with Gasteiger partial charge >= 0.3 is 0 Å². The molecule has 3 rings (SSSR count). The smallest absolute Gasteiger partial charge is 0.0223 e. The minimum Gasteiger partial charge on any atom is -0.328 e. The zero-order valence-corrected chi connectivity index (χ0v) is 12.4. The lowest BCUT2D eigenvalue weighted by Crippen LogP contribution is -2.44. The van der Waals surface area contributed by atoms with Crippen molar-refractivity contribution in [3.8, 4) is 0 Å². The first kappa shape index (κ1) is 13.8. The van der Waals surface area contributed by atoms with Crippen LogP contribution in [0.3, 0.4) is 0 Å². The van der Waals surface area contributed by atoms with Crippen LogP contribution in [0.2, 0.25) is 0 Å². The first-order chi connectivity index (χ1) is 9.22. The van der Waals surface area contributed by atoms with Crippen molar-refractivity contribution in [3.63, 3.8) is 0 Å². The minimum atomic E-state index is 0.457. The van der Waals surface area contributed by atoms with Crippen molar-refractivity contribution in [2.75, 3.05) is 46.3 Å². The van der Waals surface area contributed by atoms with Crippen LogP contribution in [0, 0.1) is 0 Å². The molecule has 0 amide bonds. The van der Waals surface area contributed by atoms with Gasteiger partial charge < -0.3 is 15.5 Å². The molecule has 3 heterocycles. The van der Waals surface area contributed by atoms with Gasteiger partial charge in [0.05, 0.1) is 0 Å². The van der Waals surface area contributed by atoms with Crippen molar-refractivity contribution in [2.24, 2.45) is 5.73 Å². The molecule has 0 saturated carbocycles. The fraction of sp³-hybridized carbons (Fsp3) is 1.00. The Hall–Kier alpha value is -0.160. The molecular formula is C15H30N4. The molecular weight excluding hydrogens is 236 g/mol. The standard InChI is InChI=1S/C15H30N4/c1-17-14-2-3-15(17)12-19(9-6-14)11-10-18-7-4-13(16)5-8-18/h13-15H,2-12,16H2,1H3. The lowest BCUT2D eigenvalue weighted by atomic mass is 10.1. The third-order valence-electron chi connectivity index (χ3n) is 5.60. The van der Waals surface area contributed by atoms with Crippen molar-refractivity contribution >= 4 is 0 Å². The van der Waals surface area contributed by atoms with E-state index < -0.39 is 0 Å². The number of hydrogen-bond acceptors (Lipinski definition) is 4. The second-order valence-corrected chi connectivity index (χ2v) is 6.82. The molecule has 3 fully saturated rings. The minimum absolute atomic E-state index is 0.457. The van der Waals surface area contributed by atoms with Gasteiger partial charge in [0.15, 0.2) is 0 Å². The summed E-state index contributed by atoms with van der Waals surface area (Å²) in [4.78, 5) is 7.95. The SMILES string of the molecule is CN1C2CCC1CN(CCN1CCC(N)CC1)CC2. The van der Waals surface area contributed by atoms with E-state index in [1.807, 2.05) is 0 Å². The highest BCUT2D eigenvalue weighted by Crippen LogP contribution is 2.28. The monoisotopic (exact) mass is 266 g/mol. The van der Waals surface area contributed by atoms with E-state index in [1.54, 1.807) is 0 Å². The summed E-state index contributed by atoms with van der Waals surface area (Å²) in [5.74, 6) is 0. The van der Waals surface area contributed by atoms with Crippen molar-refractivity contribution in [3.05, 3.63) is 0 Å². The number of piperidine rings is 1. The fourth-order valence-electron chi connectivity index (χ4n) is 4.04. The van der Waals surface area contributed by atoms with Gasteiger partial charge in [0.25, 0.3) is 0 Å². The number of rotatable bonds is 3. The Morgan fingerprint density at radius 1 is 0.842 bits per heavy atom. The number of likely N-dealkylation sites (tertiary alicyclic amines) is 2. The molecule has 3 aliphatic rings. The van der Waals surface area contributed by atoms with Gasteiger partial charge in [0.1, 0.15) is 0 Å². The Morgan fingerprint density at radius 3 is 2.26 bits per heavy atom. The molecule has 3 aliphatic heterocycles. The number of fused-ring (bicyclic) bond motifs is 2. The summed E-state index contributed by atoms with van der Waals surface area (Å²) < 4.78 is 0. The molecule has 19 heavy (non-hydrogen) atoms. The summed E-state index contributed by atoms with van der Waals surface area (Å²) in [7, 11) is 2.33. The molecule has 0 aromatic heterocycles. The first-order valence-corrected chi connectivity index (χ1v) is 8.14. The summed E-state index contributed by atoms with van der Waals surface area (Å²) in [5.41, 5.74) is 5.97. The van der Waals surface area contributed by atoms with Gasteiger partial charge in [-0.3, -0.25) is 4.90 Å². The number of hydrogen-bond donors (Lipinski definition) is 1. The maximum Gasteiger partial charge on any atom is 0.0223 e. The van der Waals surface area contributed by atoms with E-state index in [9.17, 15) is 0 Å². The number of likely N-dealkylation sites (N-methyl/N-ethyl adjacent to an activating group) is 1. The van der Waals surface area contributed by atoms with Crippen LogP contribution in [-0.4, -0.2) is 79.1 Å². The lowest BCUT2D eigenvalue weighted by Gasteiger charge is -2.32. The average molecular weight is 266 g/mol. The molecule has 0 radical (unpaired) electrons. The van der Waals surface area contributed by atoms with E-state index in [4.69, 9.17) is 5.73 Å². The molecule has 3 saturated heterocycles. The van der Waals surface area contributed by atoms with Crippen molar-refractivity contribution in [2.45, 2.75) is 50.2 Å². The molecule has 0 spiro atoms. The summed E-state index contributed by atoms with van der Waals surface area (Å²) in [5, 5.41) is 0. The average Bonchev–Trinajstić information content (AvgIpc) is 2.65. The highest BCUT2D eigenvalue weighted by Gasteiger charge is 2.34. The summed E-state index contributed by atoms with van der Waals surface area (Å²) >= 11 is 0. The molecule has 0 aromatic carbocycles. The molecule has 2 N–H and O–H groups in total. The Labute approximate surface area is 117 Å². The van der Waals surface area contributed by atoms with Gasteiger partial charge in [-0.25, -0.2) is 0 Å². The highest BCUT2D eigenvalue weighted by molar-refractivity contribution is 4.91. The maximum atomic E-state index is 5.97. The van der Waals surface area contributed by atoms with Crippen LogP contribution >= 0.6 is 0 Å². The summed E-state index contributed by atoms with van der Waals surface area (Å²) in [6.07, 6.45) is 6.59. The van der Waals surface area contributed by atoms with Crippen molar-refractivity contribution in [1.82, 2.24) is 14.7 Å². The number of nitrogens with zero attached hydrogens (tertiary/aromatic N) is 3. The molecule has 2 bridgehead atoms. The molecule has 0 aliphatic carbocycles. The molecule has 2 atom stereocenters. The predicted octanol–water partition coefficient (Wildman–Crippen LogP) is 0.578. The van der Waals surface area contributed by atoms with Crippen molar-refractivity contribution in [1.29, 1.82) is 0 Å². The predicted molar refractivity (Wildman–Crippen MR) is 79.3 cm³/mol. The van der Waals surface area contributed by atoms with E-state index in [0.717, 1.165) is 12.1 Å². The second-order valence-electron chi connectivity index (χ2n) is 6.82. The normalized spacial score (nSPS) is 35.7. The quantitative estimate of drug-likeness (QED) is 0.810. The van der Waals surface area contributed by atoms with Gasteiger partial charge in [-0.15, -0.1) is 0 Å². The van der Waals surface area contributed by atoms with Crippen LogP contribution in [0.4, 0.5) is 0 Å². The third kappa shape index (κ3) is 3.30. The van der Waals surface area contributed by atoms with Gasteiger partial charge in [0, 0.05) is 37.8 Å². The Kier molecular flexibility index (Phi) is 4.42. The van der Waals surface area contributed by atoms with Crippen LogP contribution < -0.4 is 5.73 Å². The van der Waals surface area contributed by atoms with E-state index in [0.29, 0.717) is 6.04 Å². The molecule has 4 heteroatoms. The van der Waals surface area contributed by atoms with Crippen LogP contribution in [-0.2, 0) is 0 Å². The Balaban J connectivity index is 1.43. The second kappa shape index (κ2) is 6.08. The fourth-order valence-corrected chi connectivity index (χ4v) is 4.04. The van der Waals surface area contributed by atoms with Gasteiger partial charge in [-0.1, -0.05) is 0 Å². The van der Waals surface area contributed by atoms with Crippen LogP contribution in [0.1, 0.15) is 32.1 Å². The number of nitrogens with two attached hydrogens (primary N) is 1. The van der Waals surface area contributed by atoms with Gasteiger partial charge in [-0.05, 0) is 58.8 Å². The van der Waals surface area contributed by atoms with E-state index >= 15 is 0 Å². The third-order valence-corrected chi connectivity index (χ3v) is 5.60. The zero-order chi connectivity index (χ0) is 13.2. The Morgan fingerprint density at radius 2 is 1.47 bits per heavy atom. The molecule has 2 unspecified atom stereocenters. The lowest BCUT2D eigenvalue weighted by molar-refractivity contribution is 0.164. The van der Waals surface area contributed by atoms with Crippen LogP contribution in [0.25, 0.3) is 0 Å². The Bertz CT molecular complexity index is 288. The van der Waals surface area contributed by atoms with E-state index in [-0.39, 0.29) is 0 Å². The largest absolute Gasteiger partial charge is 0.328 e. The molecule has 110 valence electrons. The summed E-state index contributed by atoms with van der Waals surface area (Å²) in [6, 6.07) is 2.14. The first-order valence-electron chi connectivity index (χ1n) is 8.14. The molecule has 0 aromatic rings. The zero-order valence-electron chi connectivity index (χ0n) is 12.4. The summed E-state index contributed by atoms with van der Waals surface area (Å²) in [6.45, 7) is 7.52. The van der Waals surface area contributed by atoms with Crippen LogP contribution in [0.5, 0.6) is 0 Å². The van der Waals surface area contributed by atoms with Crippen LogP contribution in [0.15, 0.2) is 0 Å². The van der Waals surface area contributed by atoms with Gasteiger partial charge in [0.2, 0.25) is 0 Å². The highest BCUT2D eigenvalue weighted by atomic mass is 15.3. The van der Waals surface area contributed by atoms with Gasteiger partial charge in [-0.2, -0.15) is 0 Å².